The normalized spacial score (nSPS) is 16.7. The Bertz CT molecular complexity index is 784. The van der Waals surface area contributed by atoms with Crippen LogP contribution < -0.4 is 9.47 Å². The van der Waals surface area contributed by atoms with Crippen LogP contribution in [0.15, 0.2) is 34.9 Å². The summed E-state index contributed by atoms with van der Waals surface area (Å²) in [6.45, 7) is 1.59. The Morgan fingerprint density at radius 1 is 1.17 bits per heavy atom. The lowest BCUT2D eigenvalue weighted by atomic mass is 9.94. The van der Waals surface area contributed by atoms with Gasteiger partial charge in [0.05, 0.1) is 14.2 Å². The number of rotatable bonds is 3. The number of nitrogens with zero attached hydrogens (tertiary/aromatic N) is 2. The maximum atomic E-state index is 12.4. The number of carbonyl (C=O) groups is 2. The first-order valence-corrected chi connectivity index (χ1v) is 6.82. The molecule has 0 spiro atoms. The highest BCUT2D eigenvalue weighted by Crippen LogP contribution is 2.30. The fourth-order valence-electron chi connectivity index (χ4n) is 2.29. The largest absolute Gasteiger partial charge is 0.497 e. The number of ether oxygens (including phenoxy) is 2. The molecule has 0 bridgehead atoms. The second kappa shape index (κ2) is 6.36. The SMILES string of the molecule is COc1ccc(/C=C2/C(=O)N(C)C(=O)C(C#N)=C2C)c(OC)c1. The first-order chi connectivity index (χ1) is 10.9. The minimum absolute atomic E-state index is 0.0363. The lowest BCUT2D eigenvalue weighted by Crippen LogP contribution is -2.39. The Morgan fingerprint density at radius 3 is 2.43 bits per heavy atom. The van der Waals surface area contributed by atoms with Crippen LogP contribution in [0.3, 0.4) is 0 Å². The van der Waals surface area contributed by atoms with Crippen LogP contribution in [0.5, 0.6) is 11.5 Å². The third-order valence-corrected chi connectivity index (χ3v) is 3.68. The van der Waals surface area contributed by atoms with Gasteiger partial charge >= 0.3 is 0 Å². The van der Waals surface area contributed by atoms with Gasteiger partial charge in [-0.3, -0.25) is 14.5 Å². The monoisotopic (exact) mass is 312 g/mol. The molecule has 0 aromatic heterocycles. The second-order valence-electron chi connectivity index (χ2n) is 4.95. The molecule has 0 aliphatic carbocycles. The Labute approximate surface area is 134 Å². The number of imide groups is 1. The topological polar surface area (TPSA) is 79.6 Å². The molecular formula is C17H16N2O4. The fraction of sp³-hybridized carbons (Fsp3) is 0.235. The Kier molecular flexibility index (Phi) is 4.51. The number of nitriles is 1. The predicted octanol–water partition coefficient (Wildman–Crippen LogP) is 1.93. The average molecular weight is 312 g/mol. The van der Waals surface area contributed by atoms with E-state index in [1.165, 1.54) is 14.2 Å². The summed E-state index contributed by atoms with van der Waals surface area (Å²) in [6, 6.07) is 7.04. The van der Waals surface area contributed by atoms with E-state index >= 15 is 0 Å². The van der Waals surface area contributed by atoms with Crippen molar-refractivity contribution >= 4 is 17.9 Å². The summed E-state index contributed by atoms with van der Waals surface area (Å²) >= 11 is 0. The van der Waals surface area contributed by atoms with Gasteiger partial charge in [0.15, 0.2) is 0 Å². The van der Waals surface area contributed by atoms with E-state index in [2.05, 4.69) is 0 Å². The van der Waals surface area contributed by atoms with Crippen molar-refractivity contribution in [2.75, 3.05) is 21.3 Å². The van der Waals surface area contributed by atoms with Crippen molar-refractivity contribution < 1.29 is 19.1 Å². The van der Waals surface area contributed by atoms with E-state index in [0.29, 0.717) is 22.6 Å². The van der Waals surface area contributed by atoms with E-state index in [0.717, 1.165) is 4.90 Å². The summed E-state index contributed by atoms with van der Waals surface area (Å²) in [5.41, 5.74) is 1.26. The summed E-state index contributed by atoms with van der Waals surface area (Å²) in [6.07, 6.45) is 1.61. The number of methoxy groups -OCH3 is 2. The Morgan fingerprint density at radius 2 is 1.87 bits per heavy atom. The molecule has 1 aliphatic rings. The van der Waals surface area contributed by atoms with Crippen LogP contribution in [0.2, 0.25) is 0 Å². The molecule has 6 nitrogen and oxygen atoms in total. The number of benzene rings is 1. The van der Waals surface area contributed by atoms with Crippen LogP contribution >= 0.6 is 0 Å². The highest BCUT2D eigenvalue weighted by molar-refractivity contribution is 6.19. The van der Waals surface area contributed by atoms with E-state index in [9.17, 15) is 9.59 Å². The van der Waals surface area contributed by atoms with Gasteiger partial charge in [-0.05, 0) is 30.7 Å². The molecule has 0 unspecified atom stereocenters. The van der Waals surface area contributed by atoms with Crippen molar-refractivity contribution in [3.05, 3.63) is 40.5 Å². The second-order valence-corrected chi connectivity index (χ2v) is 4.95. The number of carbonyl (C=O) groups excluding carboxylic acids is 2. The number of amides is 2. The number of hydrogen-bond acceptors (Lipinski definition) is 5. The van der Waals surface area contributed by atoms with Crippen LogP contribution in [-0.2, 0) is 9.59 Å². The van der Waals surface area contributed by atoms with Crippen molar-refractivity contribution in [3.8, 4) is 17.6 Å². The zero-order chi connectivity index (χ0) is 17.1. The van der Waals surface area contributed by atoms with E-state index in [4.69, 9.17) is 14.7 Å². The number of hydrogen-bond donors (Lipinski definition) is 0. The van der Waals surface area contributed by atoms with Gasteiger partial charge < -0.3 is 9.47 Å². The molecule has 1 heterocycles. The molecule has 1 aliphatic heterocycles. The summed E-state index contributed by atoms with van der Waals surface area (Å²) < 4.78 is 10.4. The summed E-state index contributed by atoms with van der Waals surface area (Å²) in [5, 5.41) is 9.15. The summed E-state index contributed by atoms with van der Waals surface area (Å²) in [4.78, 5) is 25.2. The summed E-state index contributed by atoms with van der Waals surface area (Å²) in [7, 11) is 4.41. The van der Waals surface area contributed by atoms with Crippen molar-refractivity contribution in [2.45, 2.75) is 6.92 Å². The van der Waals surface area contributed by atoms with Gasteiger partial charge in [-0.25, -0.2) is 0 Å². The van der Waals surface area contributed by atoms with E-state index in [1.807, 2.05) is 6.07 Å². The van der Waals surface area contributed by atoms with Gasteiger partial charge in [0.1, 0.15) is 23.1 Å². The Balaban J connectivity index is 2.62. The molecular weight excluding hydrogens is 296 g/mol. The molecule has 6 heteroatoms. The van der Waals surface area contributed by atoms with Gasteiger partial charge in [0, 0.05) is 24.3 Å². The lowest BCUT2D eigenvalue weighted by molar-refractivity contribution is -0.138. The van der Waals surface area contributed by atoms with Crippen molar-refractivity contribution in [3.63, 3.8) is 0 Å². The molecule has 0 saturated carbocycles. The first-order valence-electron chi connectivity index (χ1n) is 6.82. The van der Waals surface area contributed by atoms with Crippen molar-refractivity contribution in [1.29, 1.82) is 5.26 Å². The van der Waals surface area contributed by atoms with Gasteiger partial charge in [-0.1, -0.05) is 0 Å². The number of likely N-dealkylation sites (N-methyl/N-ethyl adjacent to an activating group) is 1. The van der Waals surface area contributed by atoms with E-state index in [-0.39, 0.29) is 11.1 Å². The summed E-state index contributed by atoms with van der Waals surface area (Å²) in [5.74, 6) is 0.102. The molecule has 0 atom stereocenters. The molecule has 1 aromatic rings. The average Bonchev–Trinajstić information content (AvgIpc) is 2.57. The van der Waals surface area contributed by atoms with E-state index in [1.54, 1.807) is 38.3 Å². The molecule has 2 amide bonds. The third kappa shape index (κ3) is 2.81. The van der Waals surface area contributed by atoms with Crippen molar-refractivity contribution in [2.24, 2.45) is 0 Å². The predicted molar refractivity (Wildman–Crippen MR) is 83.6 cm³/mol. The molecule has 0 saturated heterocycles. The Hall–Kier alpha value is -3.07. The fourth-order valence-corrected chi connectivity index (χ4v) is 2.29. The molecule has 23 heavy (non-hydrogen) atoms. The van der Waals surface area contributed by atoms with Crippen molar-refractivity contribution in [1.82, 2.24) is 4.90 Å². The van der Waals surface area contributed by atoms with Crippen LogP contribution in [-0.4, -0.2) is 38.0 Å². The van der Waals surface area contributed by atoms with Gasteiger partial charge in [0.25, 0.3) is 11.8 Å². The van der Waals surface area contributed by atoms with Gasteiger partial charge in [-0.15, -0.1) is 0 Å². The highest BCUT2D eigenvalue weighted by Gasteiger charge is 2.32. The van der Waals surface area contributed by atoms with Gasteiger partial charge in [-0.2, -0.15) is 5.26 Å². The zero-order valence-corrected chi connectivity index (χ0v) is 13.3. The molecule has 0 radical (unpaired) electrons. The standard InChI is InChI=1S/C17H16N2O4/c1-10-13(16(20)19(2)17(21)14(10)9-18)7-11-5-6-12(22-3)8-15(11)23-4/h5-8H,1-4H3/b13-7+. The zero-order valence-electron chi connectivity index (χ0n) is 13.3. The maximum Gasteiger partial charge on any atom is 0.271 e. The molecule has 2 rings (SSSR count). The highest BCUT2D eigenvalue weighted by atomic mass is 16.5. The molecule has 0 fully saturated rings. The maximum absolute atomic E-state index is 12.4. The quantitative estimate of drug-likeness (QED) is 0.629. The van der Waals surface area contributed by atoms with Gasteiger partial charge in [0.2, 0.25) is 0 Å². The minimum Gasteiger partial charge on any atom is -0.497 e. The molecule has 118 valence electrons. The first kappa shape index (κ1) is 16.3. The van der Waals surface area contributed by atoms with Crippen LogP contribution in [0.25, 0.3) is 6.08 Å². The minimum atomic E-state index is -0.589. The molecule has 1 aromatic carbocycles. The van der Waals surface area contributed by atoms with E-state index < -0.39 is 11.8 Å². The van der Waals surface area contributed by atoms with Crippen LogP contribution in [0.4, 0.5) is 0 Å². The third-order valence-electron chi connectivity index (χ3n) is 3.68. The molecule has 0 N–H and O–H groups in total. The van der Waals surface area contributed by atoms with Crippen LogP contribution in [0, 0.1) is 11.3 Å². The lowest BCUT2D eigenvalue weighted by Gasteiger charge is -2.23. The smallest absolute Gasteiger partial charge is 0.271 e. The van der Waals surface area contributed by atoms with Crippen LogP contribution in [0.1, 0.15) is 12.5 Å².